The van der Waals surface area contributed by atoms with Crippen LogP contribution in [0.1, 0.15) is 39.5 Å². The molecule has 0 radical (unpaired) electrons. The molecular formula is C13H27NO3. The van der Waals surface area contributed by atoms with Crippen LogP contribution in [-0.2, 0) is 4.74 Å². The first-order chi connectivity index (χ1) is 8.06. The molecule has 3 N–H and O–H groups in total. The van der Waals surface area contributed by atoms with Crippen LogP contribution in [0, 0.1) is 5.92 Å². The fourth-order valence-electron chi connectivity index (χ4n) is 2.58. The lowest BCUT2D eigenvalue weighted by atomic mass is 9.79. The molecule has 1 saturated carbocycles. The Balaban J connectivity index is 2.16. The lowest BCUT2D eigenvalue weighted by molar-refractivity contribution is -0.0163. The molecule has 0 spiro atoms. The number of aliphatic hydroxyl groups excluding tert-OH is 1. The van der Waals surface area contributed by atoms with Crippen LogP contribution in [0.25, 0.3) is 0 Å². The Kier molecular flexibility index (Phi) is 6.41. The largest absolute Gasteiger partial charge is 0.389 e. The van der Waals surface area contributed by atoms with Crippen LogP contribution < -0.4 is 5.32 Å². The topological polar surface area (TPSA) is 61.7 Å². The van der Waals surface area contributed by atoms with Gasteiger partial charge in [0.15, 0.2) is 0 Å². The maximum absolute atomic E-state index is 10.4. The summed E-state index contributed by atoms with van der Waals surface area (Å²) in [6.45, 7) is 6.13. The molecule has 0 bridgehead atoms. The van der Waals surface area contributed by atoms with Gasteiger partial charge in [-0.25, -0.2) is 0 Å². The first-order valence-corrected chi connectivity index (χ1v) is 6.74. The lowest BCUT2D eigenvalue weighted by Gasteiger charge is -2.36. The number of aliphatic hydroxyl groups is 2. The highest BCUT2D eigenvalue weighted by atomic mass is 16.5. The molecule has 0 aromatic rings. The SMILES string of the molecule is CCOCC(O)CNCC1(O)CCCC(C)C1. The second-order valence-electron chi connectivity index (χ2n) is 5.37. The van der Waals surface area contributed by atoms with Crippen molar-refractivity contribution < 1.29 is 14.9 Å². The summed E-state index contributed by atoms with van der Waals surface area (Å²) in [4.78, 5) is 0. The summed E-state index contributed by atoms with van der Waals surface area (Å²) in [5.41, 5.74) is -0.580. The van der Waals surface area contributed by atoms with E-state index in [-0.39, 0.29) is 0 Å². The van der Waals surface area contributed by atoms with Crippen molar-refractivity contribution in [1.29, 1.82) is 0 Å². The third-order valence-corrected chi connectivity index (χ3v) is 3.42. The third-order valence-electron chi connectivity index (χ3n) is 3.42. The minimum Gasteiger partial charge on any atom is -0.389 e. The Morgan fingerprint density at radius 3 is 2.94 bits per heavy atom. The van der Waals surface area contributed by atoms with E-state index >= 15 is 0 Å². The fraction of sp³-hybridized carbons (Fsp3) is 1.00. The predicted molar refractivity (Wildman–Crippen MR) is 68.0 cm³/mol. The summed E-state index contributed by atoms with van der Waals surface area (Å²) in [5, 5.41) is 23.1. The molecule has 0 amide bonds. The maximum Gasteiger partial charge on any atom is 0.0897 e. The minimum absolute atomic E-state index is 0.359. The quantitative estimate of drug-likeness (QED) is 0.624. The summed E-state index contributed by atoms with van der Waals surface area (Å²) >= 11 is 0. The van der Waals surface area contributed by atoms with Gasteiger partial charge in [-0.3, -0.25) is 0 Å². The number of ether oxygens (including phenoxy) is 1. The van der Waals surface area contributed by atoms with E-state index in [9.17, 15) is 10.2 Å². The standard InChI is InChI=1S/C13H27NO3/c1-3-17-9-12(15)8-14-10-13(16)6-4-5-11(2)7-13/h11-12,14-16H,3-10H2,1-2H3. The van der Waals surface area contributed by atoms with Crippen molar-refractivity contribution in [3.63, 3.8) is 0 Å². The van der Waals surface area contributed by atoms with E-state index in [1.54, 1.807) is 0 Å². The van der Waals surface area contributed by atoms with Gasteiger partial charge < -0.3 is 20.3 Å². The zero-order chi connectivity index (χ0) is 12.7. The first-order valence-electron chi connectivity index (χ1n) is 6.74. The van der Waals surface area contributed by atoms with Gasteiger partial charge in [-0.2, -0.15) is 0 Å². The minimum atomic E-state index is -0.580. The van der Waals surface area contributed by atoms with Gasteiger partial charge >= 0.3 is 0 Å². The second kappa shape index (κ2) is 7.31. The highest BCUT2D eigenvalue weighted by Gasteiger charge is 2.32. The molecule has 0 aliphatic heterocycles. The molecule has 1 fully saturated rings. The smallest absolute Gasteiger partial charge is 0.0897 e. The first kappa shape index (κ1) is 14.9. The van der Waals surface area contributed by atoms with Crippen molar-refractivity contribution in [2.24, 2.45) is 5.92 Å². The molecule has 102 valence electrons. The Labute approximate surface area is 104 Å². The van der Waals surface area contributed by atoms with Crippen LogP contribution in [0.3, 0.4) is 0 Å². The average Bonchev–Trinajstić information content (AvgIpc) is 2.25. The Morgan fingerprint density at radius 1 is 1.53 bits per heavy atom. The second-order valence-corrected chi connectivity index (χ2v) is 5.37. The van der Waals surface area contributed by atoms with Crippen LogP contribution in [0.2, 0.25) is 0 Å². The monoisotopic (exact) mass is 245 g/mol. The zero-order valence-electron chi connectivity index (χ0n) is 11.1. The molecule has 17 heavy (non-hydrogen) atoms. The van der Waals surface area contributed by atoms with Crippen molar-refractivity contribution >= 4 is 0 Å². The summed E-state index contributed by atoms with van der Waals surface area (Å²) in [5.74, 6) is 0.601. The van der Waals surface area contributed by atoms with Gasteiger partial charge in [0.1, 0.15) is 0 Å². The van der Waals surface area contributed by atoms with Crippen LogP contribution in [0.5, 0.6) is 0 Å². The van der Waals surface area contributed by atoms with Crippen molar-refractivity contribution in [2.45, 2.75) is 51.2 Å². The van der Waals surface area contributed by atoms with Crippen LogP contribution in [-0.4, -0.2) is 48.2 Å². The maximum atomic E-state index is 10.4. The summed E-state index contributed by atoms with van der Waals surface area (Å²) in [6.07, 6.45) is 3.56. The van der Waals surface area contributed by atoms with Crippen molar-refractivity contribution in [3.05, 3.63) is 0 Å². The molecule has 3 unspecified atom stereocenters. The highest BCUT2D eigenvalue weighted by Crippen LogP contribution is 2.31. The molecule has 1 aliphatic rings. The van der Waals surface area contributed by atoms with Crippen LogP contribution in [0.15, 0.2) is 0 Å². The molecule has 4 nitrogen and oxygen atoms in total. The molecule has 0 aromatic heterocycles. The molecule has 0 heterocycles. The summed E-state index contributed by atoms with van der Waals surface area (Å²) in [6, 6.07) is 0. The Bertz CT molecular complexity index is 213. The molecule has 1 aliphatic carbocycles. The normalized spacial score (nSPS) is 31.4. The van der Waals surface area contributed by atoms with E-state index in [2.05, 4.69) is 12.2 Å². The number of hydrogen-bond acceptors (Lipinski definition) is 4. The van der Waals surface area contributed by atoms with E-state index in [1.165, 1.54) is 6.42 Å². The molecule has 0 saturated heterocycles. The molecule has 1 rings (SSSR count). The van der Waals surface area contributed by atoms with Gasteiger partial charge in [-0.05, 0) is 25.7 Å². The van der Waals surface area contributed by atoms with Gasteiger partial charge in [0.25, 0.3) is 0 Å². The molecule has 4 heteroatoms. The Morgan fingerprint density at radius 2 is 2.29 bits per heavy atom. The highest BCUT2D eigenvalue weighted by molar-refractivity contribution is 4.87. The van der Waals surface area contributed by atoms with Crippen molar-refractivity contribution in [2.75, 3.05) is 26.3 Å². The van der Waals surface area contributed by atoms with Crippen molar-refractivity contribution in [1.82, 2.24) is 5.32 Å². The fourth-order valence-corrected chi connectivity index (χ4v) is 2.58. The summed E-state index contributed by atoms with van der Waals surface area (Å²) < 4.78 is 5.13. The average molecular weight is 245 g/mol. The van der Waals surface area contributed by atoms with E-state index in [1.807, 2.05) is 6.92 Å². The number of hydrogen-bond donors (Lipinski definition) is 3. The van der Waals surface area contributed by atoms with Gasteiger partial charge in [0.05, 0.1) is 18.3 Å². The molecule has 3 atom stereocenters. The predicted octanol–water partition coefficient (Wildman–Crippen LogP) is 0.915. The molecular weight excluding hydrogens is 218 g/mol. The third kappa shape index (κ3) is 5.82. The lowest BCUT2D eigenvalue weighted by Crippen LogP contribution is -2.46. The molecule has 0 aromatic carbocycles. The van der Waals surface area contributed by atoms with E-state index in [0.29, 0.717) is 32.2 Å². The van der Waals surface area contributed by atoms with Gasteiger partial charge in [-0.15, -0.1) is 0 Å². The van der Waals surface area contributed by atoms with Gasteiger partial charge in [0.2, 0.25) is 0 Å². The van der Waals surface area contributed by atoms with Crippen LogP contribution >= 0.6 is 0 Å². The van der Waals surface area contributed by atoms with Gasteiger partial charge in [0, 0.05) is 19.7 Å². The summed E-state index contributed by atoms with van der Waals surface area (Å²) in [7, 11) is 0. The van der Waals surface area contributed by atoms with Gasteiger partial charge in [-0.1, -0.05) is 19.8 Å². The van der Waals surface area contributed by atoms with E-state index < -0.39 is 11.7 Å². The number of nitrogens with one attached hydrogen (secondary N) is 1. The number of rotatable bonds is 7. The Hall–Kier alpha value is -0.160. The van der Waals surface area contributed by atoms with Crippen molar-refractivity contribution in [3.8, 4) is 0 Å². The van der Waals surface area contributed by atoms with Crippen LogP contribution in [0.4, 0.5) is 0 Å². The zero-order valence-corrected chi connectivity index (χ0v) is 11.1. The van der Waals surface area contributed by atoms with E-state index in [4.69, 9.17) is 4.74 Å². The van der Waals surface area contributed by atoms with E-state index in [0.717, 1.165) is 19.3 Å².